The number of hydrogen-bond donors (Lipinski definition) is 0. The number of nitrogens with zero attached hydrogens (tertiary/aromatic N) is 1. The number of hydrogen-bond acceptors (Lipinski definition) is 0. The van der Waals surface area contributed by atoms with E-state index in [1.807, 2.05) is 6.20 Å². The Bertz CT molecular complexity index is 474. The molecule has 0 aliphatic rings. The van der Waals surface area contributed by atoms with Crippen LogP contribution in [0.2, 0.25) is 0 Å². The summed E-state index contributed by atoms with van der Waals surface area (Å²) in [5.74, 6) is 0. The third kappa shape index (κ3) is 3.48. The van der Waals surface area contributed by atoms with Crippen molar-refractivity contribution in [3.05, 3.63) is 47.7 Å². The van der Waals surface area contributed by atoms with Gasteiger partial charge in [0.15, 0.2) is 0 Å². The molecule has 1 aromatic carbocycles. The number of aryl methyl sites for hydroxylation is 1. The van der Waals surface area contributed by atoms with E-state index in [9.17, 15) is 0 Å². The van der Waals surface area contributed by atoms with E-state index >= 15 is 0 Å². The van der Waals surface area contributed by atoms with Gasteiger partial charge in [0.2, 0.25) is 0 Å². The first-order chi connectivity index (χ1) is 7.47. The van der Waals surface area contributed by atoms with Crippen molar-refractivity contribution in [3.8, 4) is 11.3 Å². The van der Waals surface area contributed by atoms with Crippen LogP contribution in [0.1, 0.15) is 31.9 Å². The fourth-order valence-corrected chi connectivity index (χ4v) is 1.76. The number of aromatic nitrogens is 1. The Morgan fingerprint density at radius 2 is 1.59 bits per heavy atom. The second kappa shape index (κ2) is 5.43. The maximum atomic E-state index is 4.38. The van der Waals surface area contributed by atoms with Crippen LogP contribution in [-0.4, -0.2) is 0 Å². The maximum Gasteiger partial charge on any atom is 1.00 e. The molecular formula is C15H18NNa. The van der Waals surface area contributed by atoms with Crippen LogP contribution >= 0.6 is 0 Å². The zero-order chi connectivity index (χ0) is 11.8. The molecule has 1 aromatic heterocycles. The molecule has 0 N–H and O–H groups in total. The van der Waals surface area contributed by atoms with Crippen LogP contribution in [0.4, 0.5) is 0 Å². The first kappa shape index (κ1) is 14.6. The summed E-state index contributed by atoms with van der Waals surface area (Å²) >= 11 is 0. The van der Waals surface area contributed by atoms with E-state index in [0.717, 1.165) is 5.69 Å². The minimum absolute atomic E-state index is 0. The fourth-order valence-electron chi connectivity index (χ4n) is 1.76. The summed E-state index contributed by atoms with van der Waals surface area (Å²) in [5.41, 5.74) is 5.06. The Kier molecular flexibility index (Phi) is 4.65. The van der Waals surface area contributed by atoms with Gasteiger partial charge in [-0.3, -0.25) is 0 Å². The molecule has 84 valence electrons. The molecule has 0 atom stereocenters. The van der Waals surface area contributed by atoms with Crippen molar-refractivity contribution in [2.45, 2.75) is 33.1 Å². The Hall–Kier alpha value is -0.500. The van der Waals surface area contributed by atoms with Crippen molar-refractivity contribution in [1.82, 2.24) is 4.98 Å². The zero-order valence-electron chi connectivity index (χ0n) is 11.4. The fraction of sp³-hybridized carbons (Fsp3) is 0.333. The zero-order valence-corrected chi connectivity index (χ0v) is 13.4. The molecule has 1 heterocycles. The Morgan fingerprint density at radius 3 is 2.00 bits per heavy atom. The minimum atomic E-state index is 0. The molecule has 2 aromatic rings. The predicted molar refractivity (Wildman–Crippen MR) is 68.6 cm³/mol. The van der Waals surface area contributed by atoms with Crippen molar-refractivity contribution in [2.24, 2.45) is 0 Å². The van der Waals surface area contributed by atoms with E-state index in [4.69, 9.17) is 0 Å². The van der Waals surface area contributed by atoms with Gasteiger partial charge in [-0.2, -0.15) is 6.20 Å². The van der Waals surface area contributed by atoms with Crippen molar-refractivity contribution in [2.75, 3.05) is 0 Å². The van der Waals surface area contributed by atoms with E-state index in [-0.39, 0.29) is 35.0 Å². The standard InChI is InChI=1S/C15H18N.Na/c1-11-9-14(16-10-11)12-5-7-13(8-6-12)15(2,3)4;/h5-10H,1-4H3;/q-1;+1. The van der Waals surface area contributed by atoms with Crippen LogP contribution in [0.3, 0.4) is 0 Å². The first-order valence-corrected chi connectivity index (χ1v) is 5.67. The molecule has 2 heteroatoms. The van der Waals surface area contributed by atoms with Gasteiger partial charge in [-0.25, -0.2) is 0 Å². The quantitative estimate of drug-likeness (QED) is 0.670. The molecule has 0 aliphatic carbocycles. The van der Waals surface area contributed by atoms with Gasteiger partial charge in [0.1, 0.15) is 0 Å². The Balaban J connectivity index is 0.00000144. The van der Waals surface area contributed by atoms with E-state index < -0.39 is 0 Å². The molecule has 0 saturated carbocycles. The van der Waals surface area contributed by atoms with Gasteiger partial charge in [-0.05, 0) is 23.5 Å². The van der Waals surface area contributed by atoms with E-state index in [1.54, 1.807) is 0 Å². The van der Waals surface area contributed by atoms with Gasteiger partial charge in [0.05, 0.1) is 0 Å². The van der Waals surface area contributed by atoms with E-state index in [0.29, 0.717) is 0 Å². The van der Waals surface area contributed by atoms with Crippen LogP contribution in [0, 0.1) is 6.92 Å². The molecule has 0 bridgehead atoms. The monoisotopic (exact) mass is 235 g/mol. The largest absolute Gasteiger partial charge is 1.00 e. The van der Waals surface area contributed by atoms with Crippen LogP contribution < -0.4 is 34.5 Å². The molecule has 0 radical (unpaired) electrons. The SMILES string of the molecule is Cc1c[n-]c(-c2ccc(C(C)(C)C)cc2)c1.[Na+]. The average molecular weight is 235 g/mol. The molecule has 0 unspecified atom stereocenters. The van der Waals surface area contributed by atoms with Gasteiger partial charge < -0.3 is 4.98 Å². The smallest absolute Gasteiger partial charge is 0.663 e. The normalized spacial score (nSPS) is 11.1. The molecule has 2 rings (SSSR count). The third-order valence-electron chi connectivity index (χ3n) is 2.82. The summed E-state index contributed by atoms with van der Waals surface area (Å²) in [6.07, 6.45) is 1.91. The molecule has 0 spiro atoms. The second-order valence-corrected chi connectivity index (χ2v) is 5.36. The second-order valence-electron chi connectivity index (χ2n) is 5.36. The van der Waals surface area contributed by atoms with E-state index in [1.165, 1.54) is 16.7 Å². The van der Waals surface area contributed by atoms with Gasteiger partial charge in [-0.15, -0.1) is 5.69 Å². The number of benzene rings is 1. The van der Waals surface area contributed by atoms with E-state index in [2.05, 4.69) is 63.0 Å². The average Bonchev–Trinajstić information content (AvgIpc) is 2.64. The van der Waals surface area contributed by atoms with Crippen LogP contribution in [-0.2, 0) is 5.41 Å². The van der Waals surface area contributed by atoms with Gasteiger partial charge in [0, 0.05) is 0 Å². The summed E-state index contributed by atoms with van der Waals surface area (Å²) < 4.78 is 0. The Morgan fingerprint density at radius 1 is 1.00 bits per heavy atom. The molecule has 0 fully saturated rings. The van der Waals surface area contributed by atoms with Crippen molar-refractivity contribution >= 4 is 0 Å². The molecule has 1 nitrogen and oxygen atoms in total. The molecular weight excluding hydrogens is 217 g/mol. The Labute approximate surface area is 126 Å². The van der Waals surface area contributed by atoms with Gasteiger partial charge in [-0.1, -0.05) is 56.7 Å². The summed E-state index contributed by atoms with van der Waals surface area (Å²) in [4.78, 5) is 4.38. The summed E-state index contributed by atoms with van der Waals surface area (Å²) in [5, 5.41) is 0. The first-order valence-electron chi connectivity index (χ1n) is 5.67. The van der Waals surface area contributed by atoms with Crippen molar-refractivity contribution in [1.29, 1.82) is 0 Å². The summed E-state index contributed by atoms with van der Waals surface area (Å²) in [6, 6.07) is 10.8. The van der Waals surface area contributed by atoms with Gasteiger partial charge >= 0.3 is 29.6 Å². The van der Waals surface area contributed by atoms with Gasteiger partial charge in [0.25, 0.3) is 0 Å². The van der Waals surface area contributed by atoms with Crippen LogP contribution in [0.15, 0.2) is 36.5 Å². The minimum Gasteiger partial charge on any atom is -0.663 e. The molecule has 0 amide bonds. The summed E-state index contributed by atoms with van der Waals surface area (Å²) in [6.45, 7) is 8.76. The van der Waals surface area contributed by atoms with Crippen LogP contribution in [0.25, 0.3) is 11.3 Å². The topological polar surface area (TPSA) is 14.1 Å². The molecule has 0 aliphatic heterocycles. The number of rotatable bonds is 1. The van der Waals surface area contributed by atoms with Crippen molar-refractivity contribution in [3.63, 3.8) is 0 Å². The van der Waals surface area contributed by atoms with Crippen molar-refractivity contribution < 1.29 is 29.6 Å². The predicted octanol–water partition coefficient (Wildman–Crippen LogP) is 0.921. The summed E-state index contributed by atoms with van der Waals surface area (Å²) in [7, 11) is 0. The molecule has 17 heavy (non-hydrogen) atoms. The van der Waals surface area contributed by atoms with Crippen LogP contribution in [0.5, 0.6) is 0 Å². The third-order valence-corrected chi connectivity index (χ3v) is 2.82. The maximum absolute atomic E-state index is 4.38. The molecule has 0 saturated heterocycles.